The summed E-state index contributed by atoms with van der Waals surface area (Å²) < 4.78 is 5.36. The van der Waals surface area contributed by atoms with Crippen molar-refractivity contribution < 1.29 is 19.4 Å². The Labute approximate surface area is 203 Å². The van der Waals surface area contributed by atoms with Crippen LogP contribution in [0.3, 0.4) is 0 Å². The monoisotopic (exact) mass is 460 g/mol. The Balaban J connectivity index is 0.000000406. The van der Waals surface area contributed by atoms with Crippen LogP contribution in [0.2, 0.25) is 0 Å². The van der Waals surface area contributed by atoms with Crippen molar-refractivity contribution in [1.82, 2.24) is 0 Å². The zero-order chi connectivity index (χ0) is 24.3. The van der Waals surface area contributed by atoms with Crippen molar-refractivity contribution in [2.75, 3.05) is 0 Å². The van der Waals surface area contributed by atoms with Gasteiger partial charge < -0.3 is 9.84 Å². The number of hydrogen-bond donors (Lipinski definition) is 1. The first-order valence-corrected chi connectivity index (χ1v) is 12.6. The number of hydrogen-bond acceptors (Lipinski definition) is 3. The molecule has 0 heterocycles. The molecule has 0 aromatic heterocycles. The minimum absolute atomic E-state index is 0.151. The predicted octanol–water partition coefficient (Wildman–Crippen LogP) is 8.39. The molecule has 0 radical (unpaired) electrons. The highest BCUT2D eigenvalue weighted by Crippen LogP contribution is 2.35. The summed E-state index contributed by atoms with van der Waals surface area (Å²) in [5.74, 6) is -0.492. The molecule has 0 aliphatic heterocycles. The summed E-state index contributed by atoms with van der Waals surface area (Å²) in [5.41, 5.74) is 2.01. The summed E-state index contributed by atoms with van der Waals surface area (Å²) in [7, 11) is 0. The Bertz CT molecular complexity index is 1070. The van der Waals surface area contributed by atoms with Gasteiger partial charge in [0.25, 0.3) is 0 Å². The van der Waals surface area contributed by atoms with Crippen molar-refractivity contribution in [1.29, 1.82) is 0 Å². The molecule has 34 heavy (non-hydrogen) atoms. The number of carboxylic acids is 1. The molecule has 3 aromatic rings. The first-order chi connectivity index (χ1) is 16.5. The number of esters is 1. The minimum Gasteiger partial charge on any atom is -0.478 e. The van der Waals surface area contributed by atoms with Crippen LogP contribution in [0.25, 0.3) is 10.8 Å². The lowest BCUT2D eigenvalue weighted by atomic mass is 9.94. The lowest BCUT2D eigenvalue weighted by Gasteiger charge is -2.11. The van der Waals surface area contributed by atoms with E-state index in [1.807, 2.05) is 12.1 Å². The number of aromatic carboxylic acids is 1. The van der Waals surface area contributed by atoms with E-state index in [1.54, 1.807) is 6.07 Å². The second-order valence-electron chi connectivity index (χ2n) is 9.08. The SMILES string of the molecule is CCCCCCC.O=C(O)c1ccc(OC(=O)c2ccc3cc(C4CCCC4)ccc3c2)cc1. The Hall–Kier alpha value is -3.14. The molecule has 0 spiro atoms. The van der Waals surface area contributed by atoms with E-state index in [-0.39, 0.29) is 5.56 Å². The zero-order valence-electron chi connectivity index (χ0n) is 20.4. The maximum Gasteiger partial charge on any atom is 0.343 e. The van der Waals surface area contributed by atoms with Crippen LogP contribution in [-0.4, -0.2) is 17.0 Å². The average molecular weight is 461 g/mol. The molecule has 1 fully saturated rings. The number of fused-ring (bicyclic) bond motifs is 1. The number of unbranched alkanes of at least 4 members (excludes halogenated alkanes) is 4. The van der Waals surface area contributed by atoms with Gasteiger partial charge in [0, 0.05) is 0 Å². The van der Waals surface area contributed by atoms with Crippen LogP contribution in [0.5, 0.6) is 5.75 Å². The maximum absolute atomic E-state index is 12.4. The summed E-state index contributed by atoms with van der Waals surface area (Å²) in [5, 5.41) is 11.1. The van der Waals surface area contributed by atoms with E-state index in [1.165, 1.54) is 87.6 Å². The summed E-state index contributed by atoms with van der Waals surface area (Å²) >= 11 is 0. The molecule has 1 N–H and O–H groups in total. The van der Waals surface area contributed by atoms with Gasteiger partial charge in [-0.05, 0) is 71.5 Å². The van der Waals surface area contributed by atoms with Crippen LogP contribution in [0, 0.1) is 0 Å². The van der Waals surface area contributed by atoms with Gasteiger partial charge in [-0.2, -0.15) is 0 Å². The molecule has 4 nitrogen and oxygen atoms in total. The summed E-state index contributed by atoms with van der Waals surface area (Å²) in [4.78, 5) is 23.3. The highest BCUT2D eigenvalue weighted by atomic mass is 16.5. The number of ether oxygens (including phenoxy) is 1. The number of carbonyl (C=O) groups is 2. The molecule has 0 amide bonds. The van der Waals surface area contributed by atoms with Gasteiger partial charge in [-0.1, -0.05) is 83.1 Å². The second-order valence-corrected chi connectivity index (χ2v) is 9.08. The molecule has 4 heteroatoms. The Morgan fingerprint density at radius 1 is 0.794 bits per heavy atom. The molecule has 180 valence electrons. The maximum atomic E-state index is 12.4. The molecule has 3 aromatic carbocycles. The van der Waals surface area contributed by atoms with Gasteiger partial charge in [0.15, 0.2) is 0 Å². The van der Waals surface area contributed by atoms with Crippen molar-refractivity contribution in [3.05, 3.63) is 77.4 Å². The van der Waals surface area contributed by atoms with Gasteiger partial charge in [0.05, 0.1) is 11.1 Å². The third-order valence-electron chi connectivity index (χ3n) is 6.45. The van der Waals surface area contributed by atoms with Crippen molar-refractivity contribution >= 4 is 22.7 Å². The van der Waals surface area contributed by atoms with Gasteiger partial charge in [-0.15, -0.1) is 0 Å². The van der Waals surface area contributed by atoms with E-state index < -0.39 is 11.9 Å². The van der Waals surface area contributed by atoms with E-state index in [0.29, 0.717) is 17.2 Å². The van der Waals surface area contributed by atoms with Gasteiger partial charge >= 0.3 is 11.9 Å². The second kappa shape index (κ2) is 12.9. The van der Waals surface area contributed by atoms with E-state index in [4.69, 9.17) is 9.84 Å². The number of rotatable bonds is 8. The zero-order valence-corrected chi connectivity index (χ0v) is 20.4. The van der Waals surface area contributed by atoms with E-state index in [0.717, 1.165) is 10.8 Å². The molecule has 0 unspecified atom stereocenters. The standard InChI is InChI=1S/C23H20O4.C7H16/c24-22(25)16-9-11-21(12-10-16)27-23(26)20-8-7-18-13-17(5-6-19(18)14-20)15-3-1-2-4-15;1-3-5-7-6-4-2/h5-15H,1-4H2,(H,24,25);3-7H2,1-2H3. The van der Waals surface area contributed by atoms with Crippen molar-refractivity contribution in [2.45, 2.75) is 77.6 Å². The van der Waals surface area contributed by atoms with Gasteiger partial charge in [-0.3, -0.25) is 0 Å². The van der Waals surface area contributed by atoms with Crippen molar-refractivity contribution in [3.63, 3.8) is 0 Å². The average Bonchev–Trinajstić information content (AvgIpc) is 3.39. The molecule has 0 saturated heterocycles. The third-order valence-corrected chi connectivity index (χ3v) is 6.45. The number of benzene rings is 3. The number of carboxylic acid groups (broad SMARTS) is 1. The van der Waals surface area contributed by atoms with E-state index in [2.05, 4.69) is 32.0 Å². The number of carbonyl (C=O) groups excluding carboxylic acids is 1. The Kier molecular flexibility index (Phi) is 9.69. The van der Waals surface area contributed by atoms with Gasteiger partial charge in [0.1, 0.15) is 5.75 Å². The fourth-order valence-electron chi connectivity index (χ4n) is 4.41. The fraction of sp³-hybridized carbons (Fsp3) is 0.400. The molecular formula is C30H36O4. The van der Waals surface area contributed by atoms with Crippen LogP contribution in [0.15, 0.2) is 60.7 Å². The lowest BCUT2D eigenvalue weighted by Crippen LogP contribution is -2.08. The van der Waals surface area contributed by atoms with Crippen LogP contribution < -0.4 is 4.74 Å². The quantitative estimate of drug-likeness (QED) is 0.208. The summed E-state index contributed by atoms with van der Waals surface area (Å²) in [6, 6.07) is 17.8. The van der Waals surface area contributed by atoms with E-state index >= 15 is 0 Å². The molecule has 0 atom stereocenters. The summed E-state index contributed by atoms with van der Waals surface area (Å²) in [6.07, 6.45) is 12.1. The topological polar surface area (TPSA) is 63.6 Å². The Morgan fingerprint density at radius 3 is 2.00 bits per heavy atom. The Morgan fingerprint density at radius 2 is 1.38 bits per heavy atom. The van der Waals surface area contributed by atoms with Crippen LogP contribution in [0.4, 0.5) is 0 Å². The molecular weight excluding hydrogens is 424 g/mol. The molecule has 1 saturated carbocycles. The lowest BCUT2D eigenvalue weighted by molar-refractivity contribution is 0.0696. The van der Waals surface area contributed by atoms with Crippen LogP contribution in [-0.2, 0) is 0 Å². The van der Waals surface area contributed by atoms with Crippen molar-refractivity contribution in [3.8, 4) is 5.75 Å². The highest BCUT2D eigenvalue weighted by Gasteiger charge is 2.17. The van der Waals surface area contributed by atoms with Gasteiger partial charge in [0.2, 0.25) is 0 Å². The van der Waals surface area contributed by atoms with Gasteiger partial charge in [-0.25, -0.2) is 9.59 Å². The molecule has 0 bridgehead atoms. The van der Waals surface area contributed by atoms with Crippen LogP contribution in [0.1, 0.15) is 104 Å². The third kappa shape index (κ3) is 7.18. The van der Waals surface area contributed by atoms with Crippen molar-refractivity contribution in [2.24, 2.45) is 0 Å². The normalized spacial score (nSPS) is 13.4. The first-order valence-electron chi connectivity index (χ1n) is 12.6. The minimum atomic E-state index is -1.01. The van der Waals surface area contributed by atoms with E-state index in [9.17, 15) is 9.59 Å². The molecule has 1 aliphatic rings. The smallest absolute Gasteiger partial charge is 0.343 e. The van der Waals surface area contributed by atoms with Crippen LogP contribution >= 0.6 is 0 Å². The fourth-order valence-corrected chi connectivity index (χ4v) is 4.41. The largest absolute Gasteiger partial charge is 0.478 e. The molecule has 1 aliphatic carbocycles. The first kappa shape index (κ1) is 25.5. The predicted molar refractivity (Wildman–Crippen MR) is 138 cm³/mol. The highest BCUT2D eigenvalue weighted by molar-refractivity contribution is 5.96. The molecule has 4 rings (SSSR count). The summed E-state index contributed by atoms with van der Waals surface area (Å²) in [6.45, 7) is 4.49.